The van der Waals surface area contributed by atoms with Crippen molar-refractivity contribution in [3.63, 3.8) is 0 Å². The van der Waals surface area contributed by atoms with Gasteiger partial charge in [0.05, 0.1) is 18.1 Å². The zero-order valence-electron chi connectivity index (χ0n) is 11.3. The van der Waals surface area contributed by atoms with E-state index in [0.29, 0.717) is 24.3 Å². The van der Waals surface area contributed by atoms with Crippen LogP contribution >= 0.6 is 12.2 Å². The molecule has 0 heterocycles. The number of carbonyl (C=O) groups excluding carboxylic acids is 1. The van der Waals surface area contributed by atoms with Crippen LogP contribution in [0.25, 0.3) is 0 Å². The van der Waals surface area contributed by atoms with Gasteiger partial charge in [-0.05, 0) is 30.5 Å². The molecule has 19 heavy (non-hydrogen) atoms. The number of nitrogens with one attached hydrogen (secondary N) is 1. The number of carbonyl (C=O) groups is 1. The molecule has 1 rings (SSSR count). The largest absolute Gasteiger partial charge is 0.497 e. The number of rotatable bonds is 7. The third kappa shape index (κ3) is 5.26. The summed E-state index contributed by atoms with van der Waals surface area (Å²) in [6, 6.07) is 7.47. The fraction of sp³-hybridized carbons (Fsp3) is 0.429. The van der Waals surface area contributed by atoms with Gasteiger partial charge < -0.3 is 15.8 Å². The number of aryl methyl sites for hydroxylation is 1. The first-order chi connectivity index (χ1) is 9.06. The molecule has 0 bridgehead atoms. The fourth-order valence-corrected chi connectivity index (χ4v) is 1.92. The van der Waals surface area contributed by atoms with E-state index in [2.05, 4.69) is 5.32 Å². The predicted molar refractivity (Wildman–Crippen MR) is 80.3 cm³/mol. The van der Waals surface area contributed by atoms with Crippen LogP contribution in [0, 0.1) is 0 Å². The van der Waals surface area contributed by atoms with Crippen LogP contribution in [0.2, 0.25) is 0 Å². The summed E-state index contributed by atoms with van der Waals surface area (Å²) in [6.07, 6.45) is 1.82. The minimum absolute atomic E-state index is 0.0320. The van der Waals surface area contributed by atoms with Crippen molar-refractivity contribution in [2.45, 2.75) is 32.2 Å². The van der Waals surface area contributed by atoms with E-state index in [4.69, 9.17) is 22.7 Å². The average Bonchev–Trinajstić information content (AvgIpc) is 2.42. The second-order valence-electron chi connectivity index (χ2n) is 4.28. The van der Waals surface area contributed by atoms with Gasteiger partial charge in [-0.2, -0.15) is 0 Å². The summed E-state index contributed by atoms with van der Waals surface area (Å²) >= 11 is 4.89. The lowest BCUT2D eigenvalue weighted by molar-refractivity contribution is -0.121. The third-order valence-electron chi connectivity index (χ3n) is 2.89. The molecule has 0 saturated heterocycles. The van der Waals surface area contributed by atoms with Crippen LogP contribution in [0.5, 0.6) is 5.75 Å². The molecule has 0 radical (unpaired) electrons. The zero-order valence-corrected chi connectivity index (χ0v) is 12.1. The van der Waals surface area contributed by atoms with Crippen LogP contribution in [-0.4, -0.2) is 24.0 Å². The van der Waals surface area contributed by atoms with E-state index in [0.717, 1.165) is 11.3 Å². The lowest BCUT2D eigenvalue weighted by Crippen LogP contribution is -2.43. The van der Waals surface area contributed by atoms with Crippen LogP contribution < -0.4 is 15.8 Å². The lowest BCUT2D eigenvalue weighted by atomic mass is 10.1. The summed E-state index contributed by atoms with van der Waals surface area (Å²) in [5.74, 6) is 0.781. The molecular weight excluding hydrogens is 260 g/mol. The highest BCUT2D eigenvalue weighted by Crippen LogP contribution is 2.12. The molecule has 0 aliphatic carbocycles. The Kier molecular flexibility index (Phi) is 6.29. The number of amides is 1. The lowest BCUT2D eigenvalue weighted by Gasteiger charge is -2.15. The third-order valence-corrected chi connectivity index (χ3v) is 3.17. The minimum Gasteiger partial charge on any atom is -0.497 e. The molecule has 5 heteroatoms. The Bertz CT molecular complexity index is 432. The summed E-state index contributed by atoms with van der Waals surface area (Å²) in [4.78, 5) is 12.1. The summed E-state index contributed by atoms with van der Waals surface area (Å²) in [7, 11) is 1.63. The van der Waals surface area contributed by atoms with E-state index in [-0.39, 0.29) is 11.9 Å². The molecule has 1 aromatic carbocycles. The number of thiocarbonyl (C=S) groups is 1. The Morgan fingerprint density at radius 3 is 2.53 bits per heavy atom. The summed E-state index contributed by atoms with van der Waals surface area (Å²) < 4.78 is 5.08. The van der Waals surface area contributed by atoms with E-state index in [1.807, 2.05) is 31.2 Å². The van der Waals surface area contributed by atoms with Crippen molar-refractivity contribution >= 4 is 23.1 Å². The standard InChI is InChI=1S/C14H20N2O2S/c1-3-12(14(15)19)16-13(17)9-6-10-4-7-11(18-2)8-5-10/h4-5,7-8,12H,3,6,9H2,1-2H3,(H2,15,19)(H,16,17). The molecule has 0 saturated carbocycles. The van der Waals surface area contributed by atoms with Gasteiger partial charge in [0.15, 0.2) is 0 Å². The molecule has 0 fully saturated rings. The molecule has 0 aliphatic heterocycles. The summed E-state index contributed by atoms with van der Waals surface area (Å²) in [5, 5.41) is 2.83. The number of ether oxygens (including phenoxy) is 1. The normalized spacial score (nSPS) is 11.7. The maximum Gasteiger partial charge on any atom is 0.220 e. The first kappa shape index (κ1) is 15.4. The maximum atomic E-state index is 11.8. The van der Waals surface area contributed by atoms with Gasteiger partial charge in [0, 0.05) is 6.42 Å². The molecule has 1 aromatic rings. The summed E-state index contributed by atoms with van der Waals surface area (Å²) in [6.45, 7) is 1.94. The van der Waals surface area contributed by atoms with Crippen molar-refractivity contribution in [3.8, 4) is 5.75 Å². The van der Waals surface area contributed by atoms with Gasteiger partial charge >= 0.3 is 0 Å². The smallest absolute Gasteiger partial charge is 0.220 e. The second-order valence-corrected chi connectivity index (χ2v) is 4.75. The number of benzene rings is 1. The Labute approximate surface area is 119 Å². The molecule has 0 aliphatic rings. The first-order valence-corrected chi connectivity index (χ1v) is 6.69. The number of nitrogens with two attached hydrogens (primary N) is 1. The van der Waals surface area contributed by atoms with E-state index in [9.17, 15) is 4.79 Å². The van der Waals surface area contributed by atoms with Crippen molar-refractivity contribution in [2.24, 2.45) is 5.73 Å². The van der Waals surface area contributed by atoms with Gasteiger partial charge in [0.1, 0.15) is 5.75 Å². The first-order valence-electron chi connectivity index (χ1n) is 6.28. The van der Waals surface area contributed by atoms with Gasteiger partial charge in [0.25, 0.3) is 0 Å². The van der Waals surface area contributed by atoms with Crippen LogP contribution in [0.15, 0.2) is 24.3 Å². The van der Waals surface area contributed by atoms with E-state index in [1.165, 1.54) is 0 Å². The van der Waals surface area contributed by atoms with Gasteiger partial charge in [0.2, 0.25) is 5.91 Å². The Balaban J connectivity index is 2.42. The van der Waals surface area contributed by atoms with Gasteiger partial charge in [-0.1, -0.05) is 31.3 Å². The summed E-state index contributed by atoms with van der Waals surface area (Å²) in [5.41, 5.74) is 6.63. The Morgan fingerprint density at radius 1 is 1.42 bits per heavy atom. The second kappa shape index (κ2) is 7.74. The zero-order chi connectivity index (χ0) is 14.3. The SMILES string of the molecule is CCC(NC(=O)CCc1ccc(OC)cc1)C(N)=S. The fourth-order valence-electron chi connectivity index (χ4n) is 1.69. The minimum atomic E-state index is -0.210. The molecule has 3 N–H and O–H groups in total. The van der Waals surface area contributed by atoms with E-state index < -0.39 is 0 Å². The quantitative estimate of drug-likeness (QED) is 0.748. The molecule has 0 spiro atoms. The molecule has 1 atom stereocenters. The molecule has 4 nitrogen and oxygen atoms in total. The van der Waals surface area contributed by atoms with Crippen LogP contribution in [0.4, 0.5) is 0 Å². The Morgan fingerprint density at radius 2 is 2.05 bits per heavy atom. The average molecular weight is 280 g/mol. The van der Waals surface area contributed by atoms with E-state index >= 15 is 0 Å². The van der Waals surface area contributed by atoms with Crippen molar-refractivity contribution in [1.82, 2.24) is 5.32 Å². The predicted octanol–water partition coefficient (Wildman–Crippen LogP) is 1.81. The maximum absolute atomic E-state index is 11.8. The van der Waals surface area contributed by atoms with Gasteiger partial charge in [-0.3, -0.25) is 4.79 Å². The monoisotopic (exact) mass is 280 g/mol. The molecule has 1 amide bonds. The number of methoxy groups -OCH3 is 1. The van der Waals surface area contributed by atoms with Crippen molar-refractivity contribution in [1.29, 1.82) is 0 Å². The number of hydrogen-bond acceptors (Lipinski definition) is 3. The van der Waals surface area contributed by atoms with Gasteiger partial charge in [-0.25, -0.2) is 0 Å². The van der Waals surface area contributed by atoms with Crippen molar-refractivity contribution in [2.75, 3.05) is 7.11 Å². The highest BCUT2D eigenvalue weighted by molar-refractivity contribution is 7.80. The van der Waals surface area contributed by atoms with Crippen molar-refractivity contribution in [3.05, 3.63) is 29.8 Å². The van der Waals surface area contributed by atoms with Gasteiger partial charge in [-0.15, -0.1) is 0 Å². The van der Waals surface area contributed by atoms with Crippen LogP contribution in [0.3, 0.4) is 0 Å². The number of hydrogen-bond donors (Lipinski definition) is 2. The van der Waals surface area contributed by atoms with E-state index in [1.54, 1.807) is 7.11 Å². The molecule has 104 valence electrons. The van der Waals surface area contributed by atoms with Crippen molar-refractivity contribution < 1.29 is 9.53 Å². The molecular formula is C14H20N2O2S. The van der Waals surface area contributed by atoms with Crippen LogP contribution in [0.1, 0.15) is 25.3 Å². The molecule has 0 aromatic heterocycles. The Hall–Kier alpha value is -1.62. The topological polar surface area (TPSA) is 64.3 Å². The highest BCUT2D eigenvalue weighted by atomic mass is 32.1. The van der Waals surface area contributed by atoms with Crippen LogP contribution in [-0.2, 0) is 11.2 Å². The molecule has 1 unspecified atom stereocenters. The highest BCUT2D eigenvalue weighted by Gasteiger charge is 2.12.